The Morgan fingerprint density at radius 2 is 1.35 bits per heavy atom. The lowest BCUT2D eigenvalue weighted by atomic mass is 9.67. The predicted molar refractivity (Wildman–Crippen MR) is 338 cm³/mol. The smallest absolute Gasteiger partial charge is 0.407 e. The first kappa shape index (κ1) is 77.8. The van der Waals surface area contributed by atoms with Crippen LogP contribution in [0.2, 0.25) is 0 Å². The number of carbonyl (C=O) groups is 14. The Morgan fingerprint density at radius 1 is 0.737 bits per heavy atom. The van der Waals surface area contributed by atoms with Crippen molar-refractivity contribution in [1.82, 2.24) is 37.2 Å². The summed E-state index contributed by atoms with van der Waals surface area (Å²) in [6.07, 6.45) is -9.39. The minimum absolute atomic E-state index is 0.0184. The summed E-state index contributed by atoms with van der Waals surface area (Å²) in [4.78, 5) is 183. The Bertz CT molecular complexity index is 3640. The number of carbonyl (C=O) groups excluding carboxylic acids is 11. The number of ether oxygens (including phenoxy) is 4. The normalized spacial score (nSPS) is 20.6. The maximum Gasteiger partial charge on any atom is 0.407 e. The molecule has 11 atom stereocenters. The van der Waals surface area contributed by atoms with Crippen molar-refractivity contribution in [2.45, 2.75) is 171 Å². The highest BCUT2D eigenvalue weighted by Gasteiger charge is 2.55. The molecule has 6 rings (SSSR count). The van der Waals surface area contributed by atoms with Crippen molar-refractivity contribution in [3.05, 3.63) is 81.4 Å². The van der Waals surface area contributed by atoms with E-state index in [2.05, 4.69) is 42.5 Å². The molecule has 1 fully saturated rings. The van der Waals surface area contributed by atoms with Crippen molar-refractivity contribution in [2.75, 3.05) is 32.1 Å². The van der Waals surface area contributed by atoms with Gasteiger partial charge in [-0.25, -0.2) is 4.79 Å². The van der Waals surface area contributed by atoms with Gasteiger partial charge in [-0.15, -0.1) is 0 Å². The zero-order chi connectivity index (χ0) is 73.5. The fourth-order valence-electron chi connectivity index (χ4n) is 11.8. The van der Waals surface area contributed by atoms with Crippen LogP contribution in [0.5, 0.6) is 17.2 Å². The van der Waals surface area contributed by atoms with Crippen molar-refractivity contribution in [3.8, 4) is 17.2 Å². The number of hydrogen-bond donors (Lipinski definition) is 17. The number of aliphatic hydroxyl groups excluding tert-OH is 2. The van der Waals surface area contributed by atoms with Crippen molar-refractivity contribution in [2.24, 2.45) is 11.7 Å². The monoisotopic (exact) mass is 1390 g/mol. The highest BCUT2D eigenvalue weighted by molar-refractivity contribution is 6.31. The summed E-state index contributed by atoms with van der Waals surface area (Å²) in [5.74, 6) is -17.3. The molecule has 2 aliphatic carbocycles. The topological polar surface area (TPSA) is 560 Å². The molecular formula is C64H81N9O26. The van der Waals surface area contributed by atoms with E-state index in [1.54, 1.807) is 0 Å². The number of Topliss-reactive ketones (excluding diaryl/α,β-unsaturated/α-hetero) is 1. The number of phenolic OH excluding ortho intramolecular Hbond substituents is 2. The summed E-state index contributed by atoms with van der Waals surface area (Å²) in [5, 5.41) is 104. The molecule has 1 aliphatic heterocycles. The molecule has 1 heterocycles. The summed E-state index contributed by atoms with van der Waals surface area (Å²) < 4.78 is 23.2. The minimum atomic E-state index is -2.51. The number of alkyl carbamates (subject to hydrolysis) is 1. The van der Waals surface area contributed by atoms with E-state index in [4.69, 9.17) is 24.7 Å². The van der Waals surface area contributed by atoms with E-state index in [9.17, 15) is 108 Å². The number of phenols is 2. The molecule has 1 saturated heterocycles. The van der Waals surface area contributed by atoms with Gasteiger partial charge in [0.1, 0.15) is 78.0 Å². The van der Waals surface area contributed by atoms with E-state index in [1.165, 1.54) is 84.2 Å². The van der Waals surface area contributed by atoms with Gasteiger partial charge >= 0.3 is 24.0 Å². The van der Waals surface area contributed by atoms with Gasteiger partial charge in [0.25, 0.3) is 0 Å². The third kappa shape index (κ3) is 19.6. The first-order valence-corrected chi connectivity index (χ1v) is 31.3. The van der Waals surface area contributed by atoms with Crippen LogP contribution >= 0.6 is 0 Å². The average molecular weight is 1390 g/mol. The number of amides is 8. The molecule has 3 aromatic rings. The number of ketones is 3. The summed E-state index contributed by atoms with van der Waals surface area (Å²) >= 11 is 0. The quantitative estimate of drug-likeness (QED) is 0.0186. The van der Waals surface area contributed by atoms with E-state index in [-0.39, 0.29) is 46.5 Å². The number of methoxy groups -OCH3 is 1. The number of aliphatic hydroxyl groups is 3. The molecule has 18 N–H and O–H groups in total. The van der Waals surface area contributed by atoms with Gasteiger partial charge in [0.05, 0.1) is 55.3 Å². The number of carboxylic acid groups (broad SMARTS) is 3. The van der Waals surface area contributed by atoms with Crippen LogP contribution in [0.3, 0.4) is 0 Å². The maximum absolute atomic E-state index is 14.2. The molecule has 35 heteroatoms. The molecule has 1 unspecified atom stereocenters. The molecule has 0 spiro atoms. The van der Waals surface area contributed by atoms with Crippen LogP contribution in [0.25, 0.3) is 0 Å². The molecule has 3 aliphatic rings. The van der Waals surface area contributed by atoms with Crippen LogP contribution in [-0.2, 0) is 85.6 Å². The highest BCUT2D eigenvalue weighted by Crippen LogP contribution is 2.55. The third-order valence-corrected chi connectivity index (χ3v) is 16.6. The standard InChI is InChI=1S/C64H81N9O26/c1-28(2)51(73-58(90)36(17-18-43(78)79)70-60(92)38(20-44(80)81)69-42(77)24-66-57(89)35(67-30(4)75)11-7-8-19-65)61(93)71-39(21-45(82)83)59(91)68-32-15-13-31(14-16-32)26-97-62(94)72-37-22-46(98-29(3)52(37)84)99-63(5)27-64(95,41(76)25-74)23-34-50(63)56(88)49-48(54(34)86)53(85)33-10-9-12-40(96-6)47(33)55(49)87/h9-10,12-16,28-29,35-39,46,51-52,74,84,86,88,95H,7-8,11,17-27,65H2,1-6H3,(H,66,89)(H,67,75)(H,68,91)(H,69,77)(H,70,92)(H,71,93)(H,72,94)(H,73,90)(H,78,79)(H,80,81)(H,82,83)/t29-,35-,36-,37?,38-,39-,46-,51-,52+,63-,64-/m0/s1. The second-order valence-corrected chi connectivity index (χ2v) is 24.5. The lowest BCUT2D eigenvalue weighted by Crippen LogP contribution is -2.59. The fraction of sp³-hybridized carbons (Fsp3) is 0.500. The van der Waals surface area contributed by atoms with Crippen LogP contribution in [0, 0.1) is 5.92 Å². The minimum Gasteiger partial charge on any atom is -0.507 e. The zero-order valence-electron chi connectivity index (χ0n) is 54.7. The Kier molecular flexibility index (Phi) is 26.6. The van der Waals surface area contributed by atoms with Gasteiger partial charge in [-0.2, -0.15) is 0 Å². The molecule has 3 aromatic carbocycles. The van der Waals surface area contributed by atoms with Gasteiger partial charge in [0.15, 0.2) is 17.9 Å². The SMILES string of the molecule is COc1cccc2c1C(=O)c1c(O)c3c(c(O)c1C2=O)C[C@@](O)(C(=O)CO)C[C@]3(C)O[C@H]1CC(NC(=O)OCc2ccc(NC(=O)[C@H](CC(=O)O)NC(=O)[C@@H](NC(=O)[C@H](CCC(=O)O)NC(=O)[C@H](CC(=O)O)NC(=O)CNC(=O)[C@H](CCCCN)NC(C)=O)C(C)C)cc2)[C@H](O)[C@H](C)O1. The van der Waals surface area contributed by atoms with Gasteiger partial charge in [0, 0.05) is 55.0 Å². The second-order valence-electron chi connectivity index (χ2n) is 24.5. The van der Waals surface area contributed by atoms with Gasteiger partial charge < -0.3 is 108 Å². The Hall–Kier alpha value is -10.2. The number of fused-ring (bicyclic) bond motifs is 3. The lowest BCUT2D eigenvalue weighted by Gasteiger charge is -2.47. The van der Waals surface area contributed by atoms with Crippen LogP contribution in [0.4, 0.5) is 10.5 Å². The molecule has 538 valence electrons. The number of nitrogens with one attached hydrogen (secondary N) is 8. The van der Waals surface area contributed by atoms with Crippen molar-refractivity contribution >= 4 is 88.4 Å². The first-order chi connectivity index (χ1) is 46.6. The van der Waals surface area contributed by atoms with Crippen LogP contribution in [0.15, 0.2) is 42.5 Å². The van der Waals surface area contributed by atoms with Crippen molar-refractivity contribution < 1.29 is 127 Å². The Labute approximate surface area is 564 Å². The highest BCUT2D eigenvalue weighted by atomic mass is 16.7. The maximum atomic E-state index is 14.2. The average Bonchev–Trinajstić information content (AvgIpc) is 0.702. The predicted octanol–water partition coefficient (Wildman–Crippen LogP) is -1.76. The number of aromatic hydroxyl groups is 2. The molecule has 0 bridgehead atoms. The second kappa shape index (κ2) is 33.8. The Morgan fingerprint density at radius 3 is 1.95 bits per heavy atom. The molecule has 99 heavy (non-hydrogen) atoms. The number of nitrogens with two attached hydrogens (primary N) is 1. The van der Waals surface area contributed by atoms with E-state index in [0.29, 0.717) is 24.9 Å². The molecule has 0 saturated carbocycles. The largest absolute Gasteiger partial charge is 0.507 e. The number of rotatable bonds is 33. The Balaban J connectivity index is 1.08. The number of hydrogen-bond acceptors (Lipinski definition) is 24. The van der Waals surface area contributed by atoms with Crippen molar-refractivity contribution in [1.29, 1.82) is 0 Å². The number of benzene rings is 3. The summed E-state index contributed by atoms with van der Waals surface area (Å²) in [5.41, 5.74) is -1.09. The van der Waals surface area contributed by atoms with Gasteiger partial charge in [0.2, 0.25) is 47.1 Å². The van der Waals surface area contributed by atoms with Gasteiger partial charge in [-0.3, -0.25) is 62.3 Å². The van der Waals surface area contributed by atoms with Gasteiger partial charge in [-0.05, 0) is 75.8 Å². The zero-order valence-corrected chi connectivity index (χ0v) is 54.7. The van der Waals surface area contributed by atoms with Crippen LogP contribution in [0.1, 0.15) is 141 Å². The fourth-order valence-corrected chi connectivity index (χ4v) is 11.8. The summed E-state index contributed by atoms with van der Waals surface area (Å²) in [6, 6.07) is 0.0786. The molecule has 0 radical (unpaired) electrons. The number of unbranched alkanes of at least 4 members (excludes halogenated alkanes) is 1. The lowest BCUT2D eigenvalue weighted by molar-refractivity contribution is -0.275. The number of anilines is 1. The third-order valence-electron chi connectivity index (χ3n) is 16.6. The number of aliphatic carboxylic acids is 3. The number of carboxylic acids is 3. The van der Waals surface area contributed by atoms with Crippen LogP contribution in [-0.4, -0.2) is 211 Å². The van der Waals surface area contributed by atoms with E-state index >= 15 is 0 Å². The van der Waals surface area contributed by atoms with Crippen molar-refractivity contribution in [3.63, 3.8) is 0 Å². The summed E-state index contributed by atoms with van der Waals surface area (Å²) in [7, 11) is 1.25. The molecule has 0 aromatic heterocycles. The van der Waals surface area contributed by atoms with E-state index in [0.717, 1.165) is 0 Å². The molecular weight excluding hydrogens is 1310 g/mol. The van der Waals surface area contributed by atoms with Crippen LogP contribution < -0.4 is 53.0 Å². The van der Waals surface area contributed by atoms with Gasteiger partial charge in [-0.1, -0.05) is 38.1 Å². The van der Waals surface area contributed by atoms with E-state index in [1.807, 2.05) is 0 Å². The van der Waals surface area contributed by atoms with E-state index < -0.39 is 235 Å². The summed E-state index contributed by atoms with van der Waals surface area (Å²) in [6.45, 7) is 4.61. The first-order valence-electron chi connectivity index (χ1n) is 31.3. The molecule has 35 nitrogen and oxygen atoms in total. The molecule has 8 amide bonds.